The molecule has 1 heterocycles. The van der Waals surface area contributed by atoms with Crippen molar-refractivity contribution in [1.29, 1.82) is 0 Å². The lowest BCUT2D eigenvalue weighted by molar-refractivity contribution is 0.0440. The van der Waals surface area contributed by atoms with Gasteiger partial charge >= 0.3 is 5.97 Å². The molecule has 0 N–H and O–H groups in total. The summed E-state index contributed by atoms with van der Waals surface area (Å²) in [6, 6.07) is 16.7. The van der Waals surface area contributed by atoms with E-state index in [0.717, 1.165) is 8.61 Å². The standard InChI is InChI=1S/C21H22N2O7S2/c1-22(2)32(27,28)20-13-12-18(30-20)15-29-21(24)16-8-7-11-19(14-16)31(25,26)23(3)17-9-5-4-6-10-17/h4-14H,15H2,1-3H3. The molecule has 0 bridgehead atoms. The molecule has 0 radical (unpaired) electrons. The van der Waals surface area contributed by atoms with Gasteiger partial charge in [-0.25, -0.2) is 25.9 Å². The highest BCUT2D eigenvalue weighted by atomic mass is 32.2. The lowest BCUT2D eigenvalue weighted by Gasteiger charge is -2.19. The van der Waals surface area contributed by atoms with Crippen LogP contribution in [-0.2, 0) is 31.4 Å². The van der Waals surface area contributed by atoms with E-state index < -0.39 is 26.0 Å². The van der Waals surface area contributed by atoms with Gasteiger partial charge in [0.1, 0.15) is 12.4 Å². The molecule has 0 unspecified atom stereocenters. The summed E-state index contributed by atoms with van der Waals surface area (Å²) in [6.07, 6.45) is 0. The van der Waals surface area contributed by atoms with E-state index in [2.05, 4.69) is 0 Å². The Hall–Kier alpha value is -3.15. The molecule has 2 aromatic carbocycles. The number of nitrogens with zero attached hydrogens (tertiary/aromatic N) is 2. The number of benzene rings is 2. The van der Waals surface area contributed by atoms with E-state index in [1.807, 2.05) is 0 Å². The highest BCUT2D eigenvalue weighted by molar-refractivity contribution is 7.92. The largest absolute Gasteiger partial charge is 0.454 e. The normalized spacial score (nSPS) is 12.0. The molecule has 3 aromatic rings. The Morgan fingerprint density at radius 1 is 0.875 bits per heavy atom. The second-order valence-electron chi connectivity index (χ2n) is 6.92. The van der Waals surface area contributed by atoms with Gasteiger partial charge in [0.05, 0.1) is 16.1 Å². The van der Waals surface area contributed by atoms with E-state index in [1.54, 1.807) is 30.3 Å². The Labute approximate surface area is 186 Å². The van der Waals surface area contributed by atoms with Gasteiger partial charge < -0.3 is 9.15 Å². The summed E-state index contributed by atoms with van der Waals surface area (Å²) in [5.74, 6) is -0.649. The van der Waals surface area contributed by atoms with Crippen LogP contribution in [0.5, 0.6) is 0 Å². The fraction of sp³-hybridized carbons (Fsp3) is 0.190. The Morgan fingerprint density at radius 2 is 1.56 bits per heavy atom. The Morgan fingerprint density at radius 3 is 2.22 bits per heavy atom. The zero-order chi connectivity index (χ0) is 23.5. The smallest absolute Gasteiger partial charge is 0.338 e. The highest BCUT2D eigenvalue weighted by Gasteiger charge is 2.24. The van der Waals surface area contributed by atoms with Crippen molar-refractivity contribution in [2.75, 3.05) is 25.4 Å². The zero-order valence-electron chi connectivity index (χ0n) is 17.6. The Bertz CT molecular complexity index is 1310. The predicted octanol–water partition coefficient (Wildman–Crippen LogP) is 2.71. The molecule has 0 atom stereocenters. The van der Waals surface area contributed by atoms with Crippen molar-refractivity contribution in [3.63, 3.8) is 0 Å². The van der Waals surface area contributed by atoms with Crippen LogP contribution in [0.2, 0.25) is 0 Å². The van der Waals surface area contributed by atoms with Gasteiger partial charge in [-0.1, -0.05) is 24.3 Å². The van der Waals surface area contributed by atoms with Crippen LogP contribution in [0.3, 0.4) is 0 Å². The number of carbonyl (C=O) groups is 1. The minimum Gasteiger partial charge on any atom is -0.454 e. The summed E-state index contributed by atoms with van der Waals surface area (Å²) in [5, 5.41) is -0.273. The molecule has 170 valence electrons. The maximum atomic E-state index is 12.9. The number of hydrogen-bond donors (Lipinski definition) is 0. The fourth-order valence-electron chi connectivity index (χ4n) is 2.69. The van der Waals surface area contributed by atoms with Crippen LogP contribution in [0.15, 0.2) is 81.1 Å². The van der Waals surface area contributed by atoms with E-state index in [1.165, 1.54) is 57.5 Å². The Kier molecular flexibility index (Phi) is 6.72. The second-order valence-corrected chi connectivity index (χ2v) is 11.0. The third-order valence-corrected chi connectivity index (χ3v) is 8.04. The minimum atomic E-state index is -3.90. The van der Waals surface area contributed by atoms with E-state index in [4.69, 9.17) is 9.15 Å². The first kappa shape index (κ1) is 23.5. The van der Waals surface area contributed by atoms with Gasteiger partial charge in [-0.15, -0.1) is 0 Å². The third-order valence-electron chi connectivity index (χ3n) is 4.57. The van der Waals surface area contributed by atoms with Crippen molar-refractivity contribution >= 4 is 31.7 Å². The zero-order valence-corrected chi connectivity index (χ0v) is 19.3. The van der Waals surface area contributed by atoms with Gasteiger partial charge in [-0.3, -0.25) is 4.31 Å². The van der Waals surface area contributed by atoms with E-state index in [0.29, 0.717) is 5.69 Å². The number of carbonyl (C=O) groups excluding carboxylic acids is 1. The topological polar surface area (TPSA) is 114 Å². The molecule has 0 amide bonds. The molecule has 3 rings (SSSR count). The molecule has 0 aliphatic heterocycles. The number of ether oxygens (including phenoxy) is 1. The molecule has 0 spiro atoms. The van der Waals surface area contributed by atoms with Crippen molar-refractivity contribution in [3.8, 4) is 0 Å². The van der Waals surface area contributed by atoms with Crippen molar-refractivity contribution in [3.05, 3.63) is 78.1 Å². The number of rotatable bonds is 8. The lowest BCUT2D eigenvalue weighted by Crippen LogP contribution is -2.26. The summed E-state index contributed by atoms with van der Waals surface area (Å²) >= 11 is 0. The van der Waals surface area contributed by atoms with Gasteiger partial charge in [0.25, 0.3) is 20.0 Å². The fourth-order valence-corrected chi connectivity index (χ4v) is 4.75. The van der Waals surface area contributed by atoms with Crippen molar-refractivity contribution in [2.45, 2.75) is 16.6 Å². The van der Waals surface area contributed by atoms with Crippen LogP contribution in [0.25, 0.3) is 0 Å². The van der Waals surface area contributed by atoms with Crippen LogP contribution < -0.4 is 4.31 Å². The molecule has 0 saturated heterocycles. The summed E-state index contributed by atoms with van der Waals surface area (Å²) in [7, 11) is -3.49. The van der Waals surface area contributed by atoms with Gasteiger partial charge in [0, 0.05) is 21.1 Å². The number of furan rings is 1. The molecule has 0 saturated carbocycles. The molecule has 1 aromatic heterocycles. The number of sulfonamides is 2. The van der Waals surface area contributed by atoms with E-state index in [9.17, 15) is 21.6 Å². The van der Waals surface area contributed by atoms with Crippen molar-refractivity contribution < 1.29 is 30.8 Å². The summed E-state index contributed by atoms with van der Waals surface area (Å²) in [4.78, 5) is 12.4. The van der Waals surface area contributed by atoms with Crippen molar-refractivity contribution in [2.24, 2.45) is 0 Å². The van der Waals surface area contributed by atoms with Gasteiger partial charge in [0.15, 0.2) is 0 Å². The van der Waals surface area contributed by atoms with E-state index >= 15 is 0 Å². The van der Waals surface area contributed by atoms with E-state index in [-0.39, 0.29) is 27.9 Å². The first-order chi connectivity index (χ1) is 15.0. The highest BCUT2D eigenvalue weighted by Crippen LogP contribution is 2.23. The monoisotopic (exact) mass is 478 g/mol. The van der Waals surface area contributed by atoms with Crippen LogP contribution in [0.1, 0.15) is 16.1 Å². The molecule has 9 nitrogen and oxygen atoms in total. The summed E-state index contributed by atoms with van der Waals surface area (Å²) < 4.78 is 62.5. The average molecular weight is 479 g/mol. The molecule has 0 aliphatic carbocycles. The second kappa shape index (κ2) is 9.15. The average Bonchev–Trinajstić information content (AvgIpc) is 3.27. The maximum Gasteiger partial charge on any atom is 0.338 e. The minimum absolute atomic E-state index is 0.0280. The number of anilines is 1. The van der Waals surface area contributed by atoms with Gasteiger partial charge in [-0.2, -0.15) is 0 Å². The first-order valence-corrected chi connectivity index (χ1v) is 12.2. The number of para-hydroxylation sites is 1. The summed E-state index contributed by atoms with van der Waals surface area (Å²) in [5.41, 5.74) is 0.502. The van der Waals surface area contributed by atoms with Crippen LogP contribution in [-0.4, -0.2) is 48.3 Å². The molecular formula is C21H22N2O7S2. The number of esters is 1. The van der Waals surface area contributed by atoms with Crippen LogP contribution >= 0.6 is 0 Å². The molecular weight excluding hydrogens is 456 g/mol. The molecule has 32 heavy (non-hydrogen) atoms. The first-order valence-electron chi connectivity index (χ1n) is 9.36. The molecule has 0 aliphatic rings. The number of hydrogen-bond acceptors (Lipinski definition) is 7. The quantitative estimate of drug-likeness (QED) is 0.457. The predicted molar refractivity (Wildman–Crippen MR) is 117 cm³/mol. The van der Waals surface area contributed by atoms with Gasteiger partial charge in [0.2, 0.25) is 5.09 Å². The van der Waals surface area contributed by atoms with Gasteiger partial charge in [-0.05, 0) is 42.5 Å². The van der Waals surface area contributed by atoms with Crippen LogP contribution in [0.4, 0.5) is 5.69 Å². The Balaban J connectivity index is 1.74. The van der Waals surface area contributed by atoms with Crippen LogP contribution in [0, 0.1) is 0 Å². The van der Waals surface area contributed by atoms with Crippen molar-refractivity contribution in [1.82, 2.24) is 4.31 Å². The third kappa shape index (κ3) is 4.85. The summed E-state index contributed by atoms with van der Waals surface area (Å²) in [6.45, 7) is -0.317. The SMILES string of the molecule is CN(C)S(=O)(=O)c1ccc(COC(=O)c2cccc(S(=O)(=O)N(C)c3ccccc3)c2)o1. The maximum absolute atomic E-state index is 12.9. The molecule has 11 heteroatoms. The lowest BCUT2D eigenvalue weighted by atomic mass is 10.2. The molecule has 0 fully saturated rings.